The summed E-state index contributed by atoms with van der Waals surface area (Å²) in [6.07, 6.45) is 2.35. The van der Waals surface area contributed by atoms with E-state index in [1.807, 2.05) is 0 Å². The predicted molar refractivity (Wildman–Crippen MR) is 76.2 cm³/mol. The van der Waals surface area contributed by atoms with Crippen molar-refractivity contribution in [3.05, 3.63) is 18.3 Å². The van der Waals surface area contributed by atoms with Crippen LogP contribution in [0.2, 0.25) is 0 Å². The predicted octanol–water partition coefficient (Wildman–Crippen LogP) is -0.531. The van der Waals surface area contributed by atoms with Gasteiger partial charge in [0, 0.05) is 19.0 Å². The summed E-state index contributed by atoms with van der Waals surface area (Å²) in [7, 11) is -7.37. The lowest BCUT2D eigenvalue weighted by Gasteiger charge is -2.22. The summed E-state index contributed by atoms with van der Waals surface area (Å²) in [5.74, 6) is 5.22. The van der Waals surface area contributed by atoms with E-state index in [0.29, 0.717) is 0 Å². The molecular weight excluding hydrogens is 304 g/mol. The highest BCUT2D eigenvalue weighted by molar-refractivity contribution is 7.92. The molecule has 1 rings (SSSR count). The van der Waals surface area contributed by atoms with Crippen LogP contribution in [0.5, 0.6) is 0 Å². The van der Waals surface area contributed by atoms with Gasteiger partial charge in [-0.15, -0.1) is 0 Å². The summed E-state index contributed by atoms with van der Waals surface area (Å²) < 4.78 is 48.3. The van der Waals surface area contributed by atoms with Crippen LogP contribution in [0.3, 0.4) is 0 Å². The molecule has 0 radical (unpaired) electrons. The van der Waals surface area contributed by atoms with Gasteiger partial charge in [-0.05, 0) is 26.0 Å². The van der Waals surface area contributed by atoms with E-state index in [1.165, 1.54) is 32.2 Å². The number of nitrogens with one attached hydrogen (secondary N) is 2. The van der Waals surface area contributed by atoms with Gasteiger partial charge in [0.2, 0.25) is 0 Å². The first-order chi connectivity index (χ1) is 9.01. The van der Waals surface area contributed by atoms with Gasteiger partial charge in [0.1, 0.15) is 0 Å². The number of nitrogens with two attached hydrogens (primary N) is 1. The van der Waals surface area contributed by atoms with Gasteiger partial charge in [0.25, 0.3) is 10.0 Å². The van der Waals surface area contributed by atoms with Crippen molar-refractivity contribution < 1.29 is 16.8 Å². The maximum Gasteiger partial charge on any atom is 0.260 e. The van der Waals surface area contributed by atoms with Crippen molar-refractivity contribution in [3.8, 4) is 0 Å². The molecule has 0 amide bonds. The number of hydrazine groups is 1. The molecule has 0 aliphatic heterocycles. The van der Waals surface area contributed by atoms with Crippen LogP contribution in [0.4, 0.5) is 5.69 Å². The normalized spacial score (nSPS) is 13.2. The number of pyridine rings is 1. The van der Waals surface area contributed by atoms with Gasteiger partial charge < -0.3 is 5.43 Å². The van der Waals surface area contributed by atoms with Gasteiger partial charge in [-0.2, -0.15) is 0 Å². The summed E-state index contributed by atoms with van der Waals surface area (Å²) in [5, 5.41) is -0.285. The molecule has 10 heteroatoms. The molecule has 114 valence electrons. The van der Waals surface area contributed by atoms with Crippen LogP contribution in [0.1, 0.15) is 13.8 Å². The molecule has 0 aliphatic carbocycles. The van der Waals surface area contributed by atoms with Gasteiger partial charge in [0.05, 0.1) is 10.4 Å². The Morgan fingerprint density at radius 1 is 1.30 bits per heavy atom. The van der Waals surface area contributed by atoms with E-state index >= 15 is 0 Å². The van der Waals surface area contributed by atoms with Crippen LogP contribution in [0.15, 0.2) is 23.4 Å². The van der Waals surface area contributed by atoms with Gasteiger partial charge in [-0.1, -0.05) is 0 Å². The van der Waals surface area contributed by atoms with Crippen molar-refractivity contribution in [1.82, 2.24) is 9.71 Å². The van der Waals surface area contributed by atoms with Crippen LogP contribution in [-0.2, 0) is 19.9 Å². The van der Waals surface area contributed by atoms with Crippen molar-refractivity contribution in [1.29, 1.82) is 0 Å². The van der Waals surface area contributed by atoms with Crippen molar-refractivity contribution >= 4 is 25.5 Å². The van der Waals surface area contributed by atoms with Crippen LogP contribution in [0.25, 0.3) is 0 Å². The molecule has 0 saturated heterocycles. The fourth-order valence-corrected chi connectivity index (χ4v) is 2.91. The second-order valence-corrected chi connectivity index (χ2v) is 9.19. The summed E-state index contributed by atoms with van der Waals surface area (Å²) >= 11 is 0. The smallest absolute Gasteiger partial charge is 0.260 e. The van der Waals surface area contributed by atoms with Gasteiger partial charge >= 0.3 is 0 Å². The topological polar surface area (TPSA) is 131 Å². The highest BCUT2D eigenvalue weighted by Crippen LogP contribution is 2.18. The van der Waals surface area contributed by atoms with E-state index in [1.54, 1.807) is 0 Å². The number of rotatable bonds is 6. The van der Waals surface area contributed by atoms with Crippen molar-refractivity contribution in [2.24, 2.45) is 5.84 Å². The Bertz CT molecular complexity index is 683. The van der Waals surface area contributed by atoms with E-state index < -0.39 is 24.6 Å². The molecule has 0 saturated carbocycles. The number of sulfonamides is 1. The minimum absolute atomic E-state index is 0.122. The third-order valence-electron chi connectivity index (χ3n) is 2.87. The Morgan fingerprint density at radius 3 is 2.40 bits per heavy atom. The fraction of sp³-hybridized carbons (Fsp3) is 0.500. The average Bonchev–Trinajstić information content (AvgIpc) is 2.35. The SMILES string of the molecule is CC(C)(CNS(=O)(=O)c1ncccc1NN)S(C)(=O)=O. The molecular formula is C10H18N4O4S2. The van der Waals surface area contributed by atoms with E-state index in [-0.39, 0.29) is 17.3 Å². The first kappa shape index (κ1) is 16.8. The Hall–Kier alpha value is -1.23. The number of nitrogen functional groups attached to an aromatic ring is 1. The number of hydrogen-bond acceptors (Lipinski definition) is 7. The highest BCUT2D eigenvalue weighted by atomic mass is 32.2. The molecule has 0 atom stereocenters. The molecule has 8 nitrogen and oxygen atoms in total. The molecule has 20 heavy (non-hydrogen) atoms. The quantitative estimate of drug-likeness (QED) is 0.474. The van der Waals surface area contributed by atoms with E-state index in [4.69, 9.17) is 5.84 Å². The van der Waals surface area contributed by atoms with E-state index in [2.05, 4.69) is 15.1 Å². The number of aromatic nitrogens is 1. The molecule has 1 heterocycles. The second kappa shape index (κ2) is 5.64. The van der Waals surface area contributed by atoms with Crippen molar-refractivity contribution in [2.75, 3.05) is 18.2 Å². The second-order valence-electron chi connectivity index (χ2n) is 4.86. The summed E-state index contributed by atoms with van der Waals surface area (Å²) in [4.78, 5) is 3.74. The Kier molecular flexibility index (Phi) is 4.74. The molecule has 4 N–H and O–H groups in total. The van der Waals surface area contributed by atoms with Crippen LogP contribution < -0.4 is 16.0 Å². The monoisotopic (exact) mass is 322 g/mol. The minimum Gasteiger partial charge on any atom is -0.321 e. The van der Waals surface area contributed by atoms with E-state index in [0.717, 1.165) is 6.26 Å². The maximum absolute atomic E-state index is 12.1. The Balaban J connectivity index is 3.03. The first-order valence-corrected chi connectivity index (χ1v) is 8.99. The molecule has 0 aromatic carbocycles. The Morgan fingerprint density at radius 2 is 1.90 bits per heavy atom. The molecule has 0 bridgehead atoms. The molecule has 0 aliphatic rings. The maximum atomic E-state index is 12.1. The van der Waals surface area contributed by atoms with Gasteiger partial charge in [0.15, 0.2) is 14.9 Å². The van der Waals surface area contributed by atoms with Gasteiger partial charge in [-0.25, -0.2) is 26.5 Å². The number of anilines is 1. The minimum atomic E-state index is -3.96. The third kappa shape index (κ3) is 3.66. The van der Waals surface area contributed by atoms with Gasteiger partial charge in [-0.3, -0.25) is 5.84 Å². The zero-order chi connectivity index (χ0) is 15.6. The fourth-order valence-electron chi connectivity index (χ4n) is 1.18. The number of nitrogens with zero attached hydrogens (tertiary/aromatic N) is 1. The van der Waals surface area contributed by atoms with Crippen LogP contribution in [0, 0.1) is 0 Å². The molecule has 1 aromatic heterocycles. The zero-order valence-corrected chi connectivity index (χ0v) is 13.0. The standard InChI is InChI=1S/C10H18N4O4S2/c1-10(2,19(3,15)16)7-13-20(17,18)9-8(14-11)5-4-6-12-9/h4-6,13-14H,7,11H2,1-3H3. The number of sulfone groups is 1. The molecule has 0 spiro atoms. The largest absolute Gasteiger partial charge is 0.321 e. The summed E-state index contributed by atoms with van der Waals surface area (Å²) in [6, 6.07) is 2.97. The van der Waals surface area contributed by atoms with Crippen molar-refractivity contribution in [3.63, 3.8) is 0 Å². The lowest BCUT2D eigenvalue weighted by atomic mass is 10.2. The molecule has 1 aromatic rings. The third-order valence-corrected chi connectivity index (χ3v) is 6.38. The van der Waals surface area contributed by atoms with E-state index in [9.17, 15) is 16.8 Å². The molecule has 0 fully saturated rings. The van der Waals surface area contributed by atoms with Crippen LogP contribution >= 0.6 is 0 Å². The Labute approximate surface area is 118 Å². The lowest BCUT2D eigenvalue weighted by molar-refractivity contribution is 0.536. The molecule has 0 unspecified atom stereocenters. The summed E-state index contributed by atoms with van der Waals surface area (Å²) in [5.41, 5.74) is 2.35. The first-order valence-electron chi connectivity index (χ1n) is 5.62. The lowest BCUT2D eigenvalue weighted by Crippen LogP contribution is -2.44. The van der Waals surface area contributed by atoms with Crippen molar-refractivity contribution in [2.45, 2.75) is 23.6 Å². The summed E-state index contributed by atoms with van der Waals surface area (Å²) in [6.45, 7) is 2.60. The average molecular weight is 322 g/mol. The zero-order valence-electron chi connectivity index (χ0n) is 11.4. The highest BCUT2D eigenvalue weighted by Gasteiger charge is 2.32. The van der Waals surface area contributed by atoms with Crippen LogP contribution in [-0.4, -0.2) is 39.4 Å². The number of hydrogen-bond donors (Lipinski definition) is 3.